The third-order valence-electron chi connectivity index (χ3n) is 7.00. The summed E-state index contributed by atoms with van der Waals surface area (Å²) in [6.07, 6.45) is -1.22. The van der Waals surface area contributed by atoms with Crippen LogP contribution in [0.3, 0.4) is 0 Å². The van der Waals surface area contributed by atoms with Gasteiger partial charge in [0.05, 0.1) is 35.5 Å². The summed E-state index contributed by atoms with van der Waals surface area (Å²) in [5, 5.41) is 15.5. The number of nitriles is 1. The van der Waals surface area contributed by atoms with Gasteiger partial charge in [0.2, 0.25) is 5.91 Å². The van der Waals surface area contributed by atoms with E-state index in [1.807, 2.05) is 47.9 Å². The molecule has 0 fully saturated rings. The number of benzene rings is 3. The maximum absolute atomic E-state index is 13.9. The third-order valence-corrected chi connectivity index (χ3v) is 7.36. The van der Waals surface area contributed by atoms with Crippen molar-refractivity contribution in [3.63, 3.8) is 0 Å². The van der Waals surface area contributed by atoms with Gasteiger partial charge in [-0.05, 0) is 73.9 Å². The van der Waals surface area contributed by atoms with Gasteiger partial charge in [-0.2, -0.15) is 18.4 Å². The van der Waals surface area contributed by atoms with Gasteiger partial charge in [0.25, 0.3) is 0 Å². The highest BCUT2D eigenvalue weighted by Crippen LogP contribution is 2.32. The van der Waals surface area contributed by atoms with Gasteiger partial charge in [-0.15, -0.1) is 0 Å². The molecule has 1 heterocycles. The number of para-hydroxylation sites is 1. The number of anilines is 1. The molecule has 0 aliphatic carbocycles. The van der Waals surface area contributed by atoms with Gasteiger partial charge in [-0.3, -0.25) is 4.79 Å². The van der Waals surface area contributed by atoms with Crippen molar-refractivity contribution in [2.75, 3.05) is 11.9 Å². The van der Waals surface area contributed by atoms with Crippen LogP contribution >= 0.6 is 12.2 Å². The lowest BCUT2D eigenvalue weighted by Gasteiger charge is -2.36. The summed E-state index contributed by atoms with van der Waals surface area (Å²) in [5.74, 6) is -0.273. The van der Waals surface area contributed by atoms with E-state index in [9.17, 15) is 18.0 Å². The van der Waals surface area contributed by atoms with E-state index in [2.05, 4.69) is 21.7 Å². The van der Waals surface area contributed by atoms with Crippen LogP contribution in [0, 0.1) is 18.3 Å². The molecular weight excluding hydrogens is 585 g/mol. The number of carbonyl (C=O) groups is 1. The predicted molar refractivity (Wildman–Crippen MR) is 168 cm³/mol. The van der Waals surface area contributed by atoms with Gasteiger partial charge in [0, 0.05) is 37.2 Å². The molecule has 0 aliphatic rings. The van der Waals surface area contributed by atoms with Crippen LogP contribution in [0.15, 0.2) is 85.3 Å². The van der Waals surface area contributed by atoms with Crippen LogP contribution in [-0.4, -0.2) is 37.6 Å². The van der Waals surface area contributed by atoms with Crippen LogP contribution in [0.2, 0.25) is 0 Å². The molecule has 4 aromatic rings. The summed E-state index contributed by atoms with van der Waals surface area (Å²) in [7, 11) is 0. The molecule has 4 rings (SSSR count). The highest BCUT2D eigenvalue weighted by Gasteiger charge is 2.34. The Kier molecular flexibility index (Phi) is 10.1. The Morgan fingerprint density at radius 3 is 2.41 bits per heavy atom. The molecule has 0 bridgehead atoms. The largest absolute Gasteiger partial charge is 0.416 e. The van der Waals surface area contributed by atoms with E-state index >= 15 is 0 Å². The smallest absolute Gasteiger partial charge is 0.349 e. The van der Waals surface area contributed by atoms with E-state index in [0.717, 1.165) is 22.9 Å². The Hall–Kier alpha value is -4.69. The first-order valence-electron chi connectivity index (χ1n) is 13.9. The fourth-order valence-corrected chi connectivity index (χ4v) is 5.11. The second-order valence-corrected chi connectivity index (χ2v) is 11.6. The first-order chi connectivity index (χ1) is 20.8. The summed E-state index contributed by atoms with van der Waals surface area (Å²) in [5.41, 5.74) is 2.33. The molecule has 7 nitrogen and oxygen atoms in total. The molecule has 0 unspecified atom stereocenters. The zero-order valence-corrected chi connectivity index (χ0v) is 25.5. The number of hydrogen-bond acceptors (Lipinski definition) is 4. The molecule has 3 aromatic carbocycles. The Labute approximate surface area is 260 Å². The number of nitrogens with one attached hydrogen (secondary N) is 2. The topological polar surface area (TPSA) is 86.0 Å². The summed E-state index contributed by atoms with van der Waals surface area (Å²) >= 11 is 5.71. The summed E-state index contributed by atoms with van der Waals surface area (Å²) in [6, 6.07) is 22.2. The van der Waals surface area contributed by atoms with Crippen LogP contribution < -0.4 is 10.6 Å². The molecule has 0 saturated carbocycles. The molecule has 2 N–H and O–H groups in total. The van der Waals surface area contributed by atoms with Crippen molar-refractivity contribution in [1.29, 1.82) is 5.26 Å². The zero-order valence-electron chi connectivity index (χ0n) is 24.7. The number of imidazole rings is 1. The minimum Gasteiger partial charge on any atom is -0.349 e. The lowest BCUT2D eigenvalue weighted by molar-refractivity contribution is -0.138. The lowest BCUT2D eigenvalue weighted by Crippen LogP contribution is -2.53. The van der Waals surface area contributed by atoms with Gasteiger partial charge in [0.1, 0.15) is 0 Å². The molecule has 0 radical (unpaired) electrons. The molecule has 0 aliphatic heterocycles. The molecule has 11 heteroatoms. The summed E-state index contributed by atoms with van der Waals surface area (Å²) < 4.78 is 43.4. The minimum atomic E-state index is -4.53. The number of alkyl halides is 3. The SMILES string of the molecule is Cc1ccccc1NC(=S)N(Cc1ccccc1C(F)(F)F)CC(C)(C)NC(=O)Cc1cncn1Cc1ccc(C#N)cc1. The van der Waals surface area contributed by atoms with E-state index in [4.69, 9.17) is 17.5 Å². The van der Waals surface area contributed by atoms with Crippen molar-refractivity contribution < 1.29 is 18.0 Å². The molecule has 0 atom stereocenters. The van der Waals surface area contributed by atoms with Gasteiger partial charge < -0.3 is 20.1 Å². The highest BCUT2D eigenvalue weighted by molar-refractivity contribution is 7.80. The number of halogens is 3. The van der Waals surface area contributed by atoms with Crippen LogP contribution in [0.25, 0.3) is 0 Å². The van der Waals surface area contributed by atoms with Crippen molar-refractivity contribution in [3.8, 4) is 6.07 Å². The van der Waals surface area contributed by atoms with E-state index < -0.39 is 17.3 Å². The Balaban J connectivity index is 1.50. The van der Waals surface area contributed by atoms with Crippen molar-refractivity contribution in [1.82, 2.24) is 19.8 Å². The summed E-state index contributed by atoms with van der Waals surface area (Å²) in [6.45, 7) is 6.00. The monoisotopic (exact) mass is 618 g/mol. The van der Waals surface area contributed by atoms with Crippen LogP contribution in [0.4, 0.5) is 18.9 Å². The van der Waals surface area contributed by atoms with Crippen molar-refractivity contribution in [2.24, 2.45) is 0 Å². The van der Waals surface area contributed by atoms with Crippen molar-refractivity contribution in [3.05, 3.63) is 119 Å². The minimum absolute atomic E-state index is 0.0442. The number of thiocarbonyl (C=S) groups is 1. The number of nitrogens with zero attached hydrogens (tertiary/aromatic N) is 4. The number of aromatic nitrogens is 2. The molecule has 44 heavy (non-hydrogen) atoms. The Bertz CT molecular complexity index is 1660. The third kappa shape index (κ3) is 8.67. The molecule has 1 aromatic heterocycles. The molecular formula is C33H33F3N6OS. The van der Waals surface area contributed by atoms with Crippen LogP contribution in [-0.2, 0) is 30.5 Å². The number of aryl methyl sites for hydroxylation is 1. The molecule has 228 valence electrons. The van der Waals surface area contributed by atoms with Crippen molar-refractivity contribution in [2.45, 2.75) is 52.0 Å². The second kappa shape index (κ2) is 13.7. The Morgan fingerprint density at radius 1 is 1.05 bits per heavy atom. The maximum Gasteiger partial charge on any atom is 0.416 e. The number of rotatable bonds is 10. The molecule has 0 saturated heterocycles. The average Bonchev–Trinajstić information content (AvgIpc) is 3.39. The maximum atomic E-state index is 13.9. The van der Waals surface area contributed by atoms with E-state index in [0.29, 0.717) is 17.8 Å². The predicted octanol–water partition coefficient (Wildman–Crippen LogP) is 6.47. The fraction of sp³-hybridized carbons (Fsp3) is 0.273. The molecule has 1 amide bonds. The quantitative estimate of drug-likeness (QED) is 0.198. The average molecular weight is 619 g/mol. The van der Waals surface area contributed by atoms with Gasteiger partial charge in [-0.1, -0.05) is 48.5 Å². The zero-order chi connectivity index (χ0) is 31.9. The normalized spacial score (nSPS) is 11.5. The lowest BCUT2D eigenvalue weighted by atomic mass is 10.0. The van der Waals surface area contributed by atoms with Crippen LogP contribution in [0.1, 0.15) is 47.4 Å². The van der Waals surface area contributed by atoms with Gasteiger partial charge >= 0.3 is 6.18 Å². The fourth-order valence-electron chi connectivity index (χ4n) is 4.87. The number of carbonyl (C=O) groups excluding carboxylic acids is 1. The number of amides is 1. The van der Waals surface area contributed by atoms with E-state index in [1.165, 1.54) is 12.1 Å². The number of hydrogen-bond donors (Lipinski definition) is 2. The van der Waals surface area contributed by atoms with E-state index in [-0.39, 0.29) is 36.1 Å². The first-order valence-corrected chi connectivity index (χ1v) is 14.3. The van der Waals surface area contributed by atoms with Gasteiger partial charge in [0.15, 0.2) is 5.11 Å². The van der Waals surface area contributed by atoms with Crippen LogP contribution in [0.5, 0.6) is 0 Å². The summed E-state index contributed by atoms with van der Waals surface area (Å²) in [4.78, 5) is 19.1. The van der Waals surface area contributed by atoms with Crippen molar-refractivity contribution >= 4 is 28.9 Å². The second-order valence-electron chi connectivity index (χ2n) is 11.2. The van der Waals surface area contributed by atoms with E-state index in [1.54, 1.807) is 49.5 Å². The highest BCUT2D eigenvalue weighted by atomic mass is 32.1. The standard InChI is InChI=1S/C33H33F3N6OS/c1-23-8-4-7-11-29(23)39-31(44)41(20-26-9-5-6-10-28(26)33(34,35)36)21-32(2,3)40-30(43)16-27-18-38-22-42(27)19-25-14-12-24(17-37)13-15-25/h4-15,18,22H,16,19-21H2,1-3H3,(H,39,44)(H,40,43). The first kappa shape index (κ1) is 32.2. The Morgan fingerprint density at radius 2 is 1.73 bits per heavy atom. The van der Waals surface area contributed by atoms with Gasteiger partial charge in [-0.25, -0.2) is 4.98 Å². The molecule has 0 spiro atoms.